The Bertz CT molecular complexity index is 884. The van der Waals surface area contributed by atoms with E-state index in [2.05, 4.69) is 27.0 Å². The third kappa shape index (κ3) is 5.12. The van der Waals surface area contributed by atoms with Crippen LogP contribution in [0.25, 0.3) is 10.9 Å². The molecule has 1 aromatic carbocycles. The molecule has 148 valence electrons. The van der Waals surface area contributed by atoms with E-state index in [1.165, 1.54) is 0 Å². The molecular formula is C19H23N5O3S. The van der Waals surface area contributed by atoms with Crippen molar-refractivity contribution in [2.45, 2.75) is 13.3 Å². The molecule has 8 nitrogen and oxygen atoms in total. The number of benzene rings is 1. The van der Waals surface area contributed by atoms with E-state index in [0.29, 0.717) is 41.1 Å². The predicted octanol–water partition coefficient (Wildman–Crippen LogP) is 2.14. The zero-order chi connectivity index (χ0) is 19.8. The molecule has 0 unspecified atom stereocenters. The van der Waals surface area contributed by atoms with Crippen LogP contribution in [0.5, 0.6) is 11.5 Å². The van der Waals surface area contributed by atoms with Crippen LogP contribution in [0.4, 0.5) is 5.82 Å². The van der Waals surface area contributed by atoms with Crippen molar-refractivity contribution < 1.29 is 14.2 Å². The summed E-state index contributed by atoms with van der Waals surface area (Å²) in [5.74, 6) is 1.87. The minimum absolute atomic E-state index is 0.202. The molecule has 0 radical (unpaired) electrons. The number of hydrogen-bond donors (Lipinski definition) is 3. The zero-order valence-electron chi connectivity index (χ0n) is 15.7. The predicted molar refractivity (Wildman–Crippen MR) is 111 cm³/mol. The largest absolute Gasteiger partial charge is 0.454 e. The number of rotatable bonds is 9. The van der Waals surface area contributed by atoms with Crippen molar-refractivity contribution in [3.63, 3.8) is 0 Å². The zero-order valence-corrected chi connectivity index (χ0v) is 16.5. The molecule has 0 amide bonds. The normalized spacial score (nSPS) is 11.9. The minimum atomic E-state index is 0.202. The van der Waals surface area contributed by atoms with Gasteiger partial charge in [-0.2, -0.15) is 5.26 Å². The molecule has 0 spiro atoms. The maximum absolute atomic E-state index is 9.43. The van der Waals surface area contributed by atoms with Gasteiger partial charge in [0.25, 0.3) is 0 Å². The highest BCUT2D eigenvalue weighted by molar-refractivity contribution is 7.80. The van der Waals surface area contributed by atoms with Gasteiger partial charge in [-0.3, -0.25) is 0 Å². The Morgan fingerprint density at radius 1 is 1.21 bits per heavy atom. The Balaban J connectivity index is 1.51. The Kier molecular flexibility index (Phi) is 7.06. The summed E-state index contributed by atoms with van der Waals surface area (Å²) in [5.41, 5.74) is 1.22. The Morgan fingerprint density at radius 3 is 2.79 bits per heavy atom. The van der Waals surface area contributed by atoms with Gasteiger partial charge in [-0.15, -0.1) is 0 Å². The van der Waals surface area contributed by atoms with E-state index < -0.39 is 0 Å². The molecule has 0 aliphatic carbocycles. The first kappa shape index (κ1) is 19.9. The summed E-state index contributed by atoms with van der Waals surface area (Å²) in [6.45, 7) is 5.56. The van der Waals surface area contributed by atoms with Crippen LogP contribution in [0.2, 0.25) is 0 Å². The van der Waals surface area contributed by atoms with Gasteiger partial charge < -0.3 is 30.2 Å². The second kappa shape index (κ2) is 9.92. The van der Waals surface area contributed by atoms with Gasteiger partial charge in [-0.25, -0.2) is 4.98 Å². The fourth-order valence-corrected chi connectivity index (χ4v) is 2.93. The lowest BCUT2D eigenvalue weighted by Crippen LogP contribution is -2.38. The summed E-state index contributed by atoms with van der Waals surface area (Å²) >= 11 is 5.24. The molecule has 2 aromatic rings. The van der Waals surface area contributed by atoms with Gasteiger partial charge in [0.2, 0.25) is 6.79 Å². The number of nitriles is 1. The second-order valence-corrected chi connectivity index (χ2v) is 6.46. The molecule has 3 rings (SSSR count). The smallest absolute Gasteiger partial charge is 0.231 e. The van der Waals surface area contributed by atoms with Crippen molar-refractivity contribution in [1.29, 1.82) is 5.26 Å². The molecule has 0 bridgehead atoms. The van der Waals surface area contributed by atoms with Gasteiger partial charge in [0.05, 0.1) is 11.1 Å². The first-order valence-corrected chi connectivity index (χ1v) is 9.60. The quantitative estimate of drug-likeness (QED) is 0.431. The maximum Gasteiger partial charge on any atom is 0.231 e. The molecular weight excluding hydrogens is 378 g/mol. The second-order valence-electron chi connectivity index (χ2n) is 6.05. The van der Waals surface area contributed by atoms with Crippen LogP contribution in [0.15, 0.2) is 18.2 Å². The Hall–Kier alpha value is -2.83. The first-order valence-electron chi connectivity index (χ1n) is 9.19. The van der Waals surface area contributed by atoms with Gasteiger partial charge in [-0.05, 0) is 37.7 Å². The minimum Gasteiger partial charge on any atom is -0.454 e. The number of anilines is 1. The van der Waals surface area contributed by atoms with E-state index >= 15 is 0 Å². The van der Waals surface area contributed by atoms with Crippen molar-refractivity contribution in [2.24, 2.45) is 0 Å². The number of thiocarbonyl (C=S) groups is 1. The highest BCUT2D eigenvalue weighted by atomic mass is 32.1. The SMILES string of the molecule is CCOCCCNC(=S)NCCNc1nc2cc3c(cc2cc1C#N)OCO3. The topological polar surface area (TPSA) is 100 Å². The number of nitrogens with one attached hydrogen (secondary N) is 3. The summed E-state index contributed by atoms with van der Waals surface area (Å²) in [6, 6.07) is 7.64. The van der Waals surface area contributed by atoms with E-state index in [4.69, 9.17) is 26.4 Å². The van der Waals surface area contributed by atoms with Gasteiger partial charge >= 0.3 is 0 Å². The first-order chi connectivity index (χ1) is 13.7. The average molecular weight is 401 g/mol. The van der Waals surface area contributed by atoms with Crippen molar-refractivity contribution in [2.75, 3.05) is 45.0 Å². The van der Waals surface area contributed by atoms with Gasteiger partial charge in [0.15, 0.2) is 16.6 Å². The number of aromatic nitrogens is 1. The monoisotopic (exact) mass is 401 g/mol. The fraction of sp³-hybridized carbons (Fsp3) is 0.421. The molecule has 0 saturated heterocycles. The van der Waals surface area contributed by atoms with Gasteiger partial charge in [-0.1, -0.05) is 0 Å². The molecule has 0 fully saturated rings. The van der Waals surface area contributed by atoms with Crippen molar-refractivity contribution in [3.05, 3.63) is 23.8 Å². The molecule has 1 aliphatic rings. The van der Waals surface area contributed by atoms with E-state index in [9.17, 15) is 5.26 Å². The highest BCUT2D eigenvalue weighted by Gasteiger charge is 2.16. The number of nitrogens with zero attached hydrogens (tertiary/aromatic N) is 2. The van der Waals surface area contributed by atoms with Gasteiger partial charge in [0.1, 0.15) is 11.9 Å². The number of pyridine rings is 1. The molecule has 0 saturated carbocycles. The molecule has 9 heteroatoms. The van der Waals surface area contributed by atoms with Crippen LogP contribution < -0.4 is 25.4 Å². The summed E-state index contributed by atoms with van der Waals surface area (Å²) in [6.07, 6.45) is 0.902. The summed E-state index contributed by atoms with van der Waals surface area (Å²) in [5, 5.41) is 20.3. The lowest BCUT2D eigenvalue weighted by atomic mass is 10.1. The van der Waals surface area contributed by atoms with Crippen LogP contribution >= 0.6 is 12.2 Å². The number of fused-ring (bicyclic) bond motifs is 2. The van der Waals surface area contributed by atoms with Crippen LogP contribution in [0.1, 0.15) is 18.9 Å². The van der Waals surface area contributed by atoms with E-state index in [1.807, 2.05) is 19.1 Å². The van der Waals surface area contributed by atoms with Crippen molar-refractivity contribution in [1.82, 2.24) is 15.6 Å². The van der Waals surface area contributed by atoms with Gasteiger partial charge in [0, 0.05) is 44.3 Å². The fourth-order valence-electron chi connectivity index (χ4n) is 2.72. The summed E-state index contributed by atoms with van der Waals surface area (Å²) in [7, 11) is 0. The third-order valence-corrected chi connectivity index (χ3v) is 4.38. The Labute approximate surface area is 169 Å². The Morgan fingerprint density at radius 2 is 2.00 bits per heavy atom. The summed E-state index contributed by atoms with van der Waals surface area (Å²) in [4.78, 5) is 4.56. The van der Waals surface area contributed by atoms with Crippen molar-refractivity contribution in [3.8, 4) is 17.6 Å². The van der Waals surface area contributed by atoms with Crippen LogP contribution in [-0.4, -0.2) is 49.7 Å². The molecule has 2 heterocycles. The van der Waals surface area contributed by atoms with Crippen LogP contribution in [0.3, 0.4) is 0 Å². The number of ether oxygens (including phenoxy) is 3. The molecule has 1 aliphatic heterocycles. The average Bonchev–Trinajstić information content (AvgIpc) is 3.15. The van der Waals surface area contributed by atoms with Crippen LogP contribution in [0, 0.1) is 11.3 Å². The number of hydrogen-bond acceptors (Lipinski definition) is 7. The summed E-state index contributed by atoms with van der Waals surface area (Å²) < 4.78 is 16.1. The molecule has 0 atom stereocenters. The van der Waals surface area contributed by atoms with Crippen molar-refractivity contribution >= 4 is 34.1 Å². The third-order valence-electron chi connectivity index (χ3n) is 4.09. The molecule has 1 aromatic heterocycles. The molecule has 3 N–H and O–H groups in total. The lowest BCUT2D eigenvalue weighted by molar-refractivity contribution is 0.145. The maximum atomic E-state index is 9.43. The van der Waals surface area contributed by atoms with E-state index in [0.717, 1.165) is 37.1 Å². The lowest BCUT2D eigenvalue weighted by Gasteiger charge is -2.12. The van der Waals surface area contributed by atoms with Crippen LogP contribution in [-0.2, 0) is 4.74 Å². The van der Waals surface area contributed by atoms with E-state index in [1.54, 1.807) is 6.07 Å². The highest BCUT2D eigenvalue weighted by Crippen LogP contribution is 2.36. The van der Waals surface area contributed by atoms with E-state index in [-0.39, 0.29) is 6.79 Å². The molecule has 28 heavy (non-hydrogen) atoms. The standard InChI is InChI=1S/C19H23N5O3S/c1-2-25-7-3-4-22-19(28)23-6-5-21-18-14(11-20)8-13-9-16-17(27-12-26-16)10-15(13)24-18/h8-10H,2-7,12H2,1H3,(H,21,24)(H2,22,23,28).